The average molecular weight is 302 g/mol. The van der Waals surface area contributed by atoms with Gasteiger partial charge in [-0.25, -0.2) is 0 Å². The van der Waals surface area contributed by atoms with Gasteiger partial charge >= 0.3 is 6.61 Å². The molecule has 0 saturated carbocycles. The van der Waals surface area contributed by atoms with Gasteiger partial charge in [-0.05, 0) is 40.1 Å². The fourth-order valence-electron chi connectivity index (χ4n) is 1.92. The zero-order valence-corrected chi connectivity index (χ0v) is 13.0. The van der Waals surface area contributed by atoms with Crippen molar-refractivity contribution in [1.82, 2.24) is 10.2 Å². The molecule has 1 aromatic carbocycles. The third-order valence-corrected chi connectivity index (χ3v) is 3.14. The van der Waals surface area contributed by atoms with Gasteiger partial charge in [-0.1, -0.05) is 12.1 Å². The Morgan fingerprint density at radius 1 is 1.29 bits per heavy atom. The summed E-state index contributed by atoms with van der Waals surface area (Å²) in [6.07, 6.45) is 0.974. The maximum atomic E-state index is 12.5. The van der Waals surface area contributed by atoms with Crippen molar-refractivity contribution in [3.8, 4) is 11.5 Å². The average Bonchev–Trinajstić information content (AvgIpc) is 2.43. The minimum absolute atomic E-state index is 0.0994. The van der Waals surface area contributed by atoms with E-state index in [1.807, 2.05) is 14.1 Å². The van der Waals surface area contributed by atoms with Gasteiger partial charge in [0, 0.05) is 18.2 Å². The van der Waals surface area contributed by atoms with Gasteiger partial charge in [0.2, 0.25) is 0 Å². The van der Waals surface area contributed by atoms with E-state index < -0.39 is 6.61 Å². The molecule has 1 N–H and O–H groups in total. The third kappa shape index (κ3) is 6.27. The lowest BCUT2D eigenvalue weighted by molar-refractivity contribution is -0.0518. The van der Waals surface area contributed by atoms with Crippen LogP contribution in [-0.2, 0) is 6.54 Å². The molecule has 1 aromatic rings. The van der Waals surface area contributed by atoms with Crippen molar-refractivity contribution in [3.63, 3.8) is 0 Å². The zero-order valence-electron chi connectivity index (χ0n) is 13.0. The normalized spacial score (nSPS) is 12.8. The number of methoxy groups -OCH3 is 1. The third-order valence-electron chi connectivity index (χ3n) is 3.14. The summed E-state index contributed by atoms with van der Waals surface area (Å²) < 4.78 is 34.7. The summed E-state index contributed by atoms with van der Waals surface area (Å²) in [6.45, 7) is 0.615. The van der Waals surface area contributed by atoms with E-state index in [4.69, 9.17) is 4.74 Å². The van der Waals surface area contributed by atoms with E-state index in [0.29, 0.717) is 17.9 Å². The number of alkyl halides is 2. The summed E-state index contributed by atoms with van der Waals surface area (Å²) in [5.41, 5.74) is 0.659. The van der Waals surface area contributed by atoms with E-state index in [9.17, 15) is 8.78 Å². The molecule has 21 heavy (non-hydrogen) atoms. The molecule has 0 radical (unpaired) electrons. The highest BCUT2D eigenvalue weighted by Crippen LogP contribution is 2.32. The molecule has 1 unspecified atom stereocenters. The van der Waals surface area contributed by atoms with E-state index in [1.54, 1.807) is 18.2 Å². The highest BCUT2D eigenvalue weighted by atomic mass is 19.3. The summed E-state index contributed by atoms with van der Waals surface area (Å²) in [5.74, 6) is 0.415. The second-order valence-corrected chi connectivity index (χ2v) is 5.20. The summed E-state index contributed by atoms with van der Waals surface area (Å²) in [4.78, 5) is 2.11. The van der Waals surface area contributed by atoms with Crippen LogP contribution in [0, 0.1) is 0 Å². The van der Waals surface area contributed by atoms with Gasteiger partial charge in [-0.15, -0.1) is 0 Å². The fraction of sp³-hybridized carbons (Fsp3) is 0.600. The second-order valence-electron chi connectivity index (χ2n) is 5.20. The molecular formula is C15H24F2N2O2. The summed E-state index contributed by atoms with van der Waals surface area (Å²) >= 11 is 0. The summed E-state index contributed by atoms with van der Waals surface area (Å²) in [7, 11) is 5.47. The Labute approximate surface area is 125 Å². The summed E-state index contributed by atoms with van der Waals surface area (Å²) in [5, 5.41) is 3.31. The van der Waals surface area contributed by atoms with Gasteiger partial charge < -0.3 is 19.7 Å². The molecule has 0 spiro atoms. The first-order chi connectivity index (χ1) is 9.93. The van der Waals surface area contributed by atoms with Crippen LogP contribution in [0.1, 0.15) is 18.9 Å². The number of halogens is 2. The van der Waals surface area contributed by atoms with Crippen LogP contribution in [-0.4, -0.2) is 45.3 Å². The van der Waals surface area contributed by atoms with Crippen LogP contribution < -0.4 is 14.8 Å². The Hall–Kier alpha value is -1.40. The first-order valence-corrected chi connectivity index (χ1v) is 6.92. The quantitative estimate of drug-likeness (QED) is 0.760. The van der Waals surface area contributed by atoms with Crippen LogP contribution in [0.4, 0.5) is 8.78 Å². The Bertz CT molecular complexity index is 428. The molecule has 0 saturated heterocycles. The van der Waals surface area contributed by atoms with Crippen molar-refractivity contribution >= 4 is 0 Å². The number of benzene rings is 1. The van der Waals surface area contributed by atoms with Crippen LogP contribution in [0.25, 0.3) is 0 Å². The largest absolute Gasteiger partial charge is 0.493 e. The maximum Gasteiger partial charge on any atom is 0.387 e. The molecule has 4 nitrogen and oxygen atoms in total. The van der Waals surface area contributed by atoms with Crippen LogP contribution in [0.15, 0.2) is 18.2 Å². The van der Waals surface area contributed by atoms with Gasteiger partial charge in [0.15, 0.2) is 11.5 Å². The predicted molar refractivity (Wildman–Crippen MR) is 79.1 cm³/mol. The van der Waals surface area contributed by atoms with E-state index in [2.05, 4.69) is 21.9 Å². The minimum atomic E-state index is -2.87. The van der Waals surface area contributed by atoms with E-state index >= 15 is 0 Å². The smallest absolute Gasteiger partial charge is 0.387 e. The molecule has 0 aliphatic heterocycles. The minimum Gasteiger partial charge on any atom is -0.493 e. The van der Waals surface area contributed by atoms with Crippen molar-refractivity contribution in [2.45, 2.75) is 32.5 Å². The van der Waals surface area contributed by atoms with Crippen molar-refractivity contribution in [2.75, 3.05) is 27.7 Å². The Morgan fingerprint density at radius 2 is 2.00 bits per heavy atom. The molecule has 1 rings (SSSR count). The second kappa shape index (κ2) is 8.79. The van der Waals surface area contributed by atoms with E-state index in [0.717, 1.165) is 13.0 Å². The lowest BCUT2D eigenvalue weighted by atomic mass is 10.1. The number of para-hydroxylation sites is 1. The molecular weight excluding hydrogens is 278 g/mol. The molecule has 0 bridgehead atoms. The molecule has 0 heterocycles. The first-order valence-electron chi connectivity index (χ1n) is 6.92. The first kappa shape index (κ1) is 17.7. The number of hydrogen-bond donors (Lipinski definition) is 1. The highest BCUT2D eigenvalue weighted by molar-refractivity contribution is 5.46. The van der Waals surface area contributed by atoms with Crippen LogP contribution in [0.5, 0.6) is 11.5 Å². The van der Waals surface area contributed by atoms with Gasteiger partial charge in [-0.2, -0.15) is 8.78 Å². The molecule has 6 heteroatoms. The Kier molecular flexibility index (Phi) is 7.39. The van der Waals surface area contributed by atoms with Gasteiger partial charge in [0.25, 0.3) is 0 Å². The number of nitrogens with zero attached hydrogens (tertiary/aromatic N) is 1. The number of ether oxygens (including phenoxy) is 2. The monoisotopic (exact) mass is 302 g/mol. The van der Waals surface area contributed by atoms with Gasteiger partial charge in [0.1, 0.15) is 0 Å². The molecule has 1 atom stereocenters. The van der Waals surface area contributed by atoms with Crippen molar-refractivity contribution in [2.24, 2.45) is 0 Å². The highest BCUT2D eigenvalue weighted by Gasteiger charge is 2.15. The standard InChI is InChI=1S/C15H24F2N2O2/c1-11(8-9-19(2)3)18-10-12-6-5-7-13(20-4)14(12)21-15(16)17/h5-7,11,15,18H,8-10H2,1-4H3. The lowest BCUT2D eigenvalue weighted by Gasteiger charge is -2.19. The van der Waals surface area contributed by atoms with Crippen LogP contribution in [0.2, 0.25) is 0 Å². The van der Waals surface area contributed by atoms with E-state index in [-0.39, 0.29) is 11.8 Å². The van der Waals surface area contributed by atoms with E-state index in [1.165, 1.54) is 7.11 Å². The molecule has 0 aliphatic rings. The maximum absolute atomic E-state index is 12.5. The molecule has 0 amide bonds. The molecule has 0 aliphatic carbocycles. The van der Waals surface area contributed by atoms with Gasteiger partial charge in [0.05, 0.1) is 7.11 Å². The number of hydrogen-bond acceptors (Lipinski definition) is 4. The van der Waals surface area contributed by atoms with Crippen LogP contribution >= 0.6 is 0 Å². The summed E-state index contributed by atoms with van der Waals surface area (Å²) in [6, 6.07) is 5.40. The van der Waals surface area contributed by atoms with Crippen LogP contribution in [0.3, 0.4) is 0 Å². The SMILES string of the molecule is COc1cccc(CNC(C)CCN(C)C)c1OC(F)F. The van der Waals surface area contributed by atoms with Crippen molar-refractivity contribution in [1.29, 1.82) is 0 Å². The van der Waals surface area contributed by atoms with Crippen molar-refractivity contribution in [3.05, 3.63) is 23.8 Å². The predicted octanol–water partition coefficient (Wildman–Crippen LogP) is 2.73. The lowest BCUT2D eigenvalue weighted by Crippen LogP contribution is -2.29. The number of nitrogens with one attached hydrogen (secondary N) is 1. The molecule has 0 aromatic heterocycles. The Balaban J connectivity index is 2.69. The van der Waals surface area contributed by atoms with Crippen molar-refractivity contribution < 1.29 is 18.3 Å². The zero-order chi connectivity index (χ0) is 15.8. The molecule has 0 fully saturated rings. The topological polar surface area (TPSA) is 33.7 Å². The van der Waals surface area contributed by atoms with Gasteiger partial charge in [-0.3, -0.25) is 0 Å². The Morgan fingerprint density at radius 3 is 2.57 bits per heavy atom. The fourth-order valence-corrected chi connectivity index (χ4v) is 1.92. The number of rotatable bonds is 9. The molecule has 120 valence electrons.